The topological polar surface area (TPSA) is 52.7 Å². The molecule has 6 heteroatoms. The van der Waals surface area contributed by atoms with Crippen LogP contribution >= 0.6 is 0 Å². The van der Waals surface area contributed by atoms with Gasteiger partial charge in [-0.2, -0.15) is 0 Å². The minimum atomic E-state index is -0.305. The number of carbonyl (C=O) groups excluding carboxylic acids is 2. The van der Waals surface area contributed by atoms with Gasteiger partial charge in [0.2, 0.25) is 11.8 Å². The highest BCUT2D eigenvalue weighted by atomic mass is 19.1. The molecule has 2 unspecified atom stereocenters. The molecule has 0 saturated carbocycles. The lowest BCUT2D eigenvalue weighted by atomic mass is 9.79. The molecule has 0 aromatic heterocycles. The lowest BCUT2D eigenvalue weighted by molar-refractivity contribution is -0.134. The molecule has 3 fully saturated rings. The summed E-state index contributed by atoms with van der Waals surface area (Å²) in [5.41, 5.74) is 0.475. The number of likely N-dealkylation sites (tertiary alicyclic amines) is 2. The average molecular weight is 402 g/mol. The molecule has 3 heterocycles. The van der Waals surface area contributed by atoms with Crippen LogP contribution in [0.1, 0.15) is 44.1 Å². The van der Waals surface area contributed by atoms with Crippen molar-refractivity contribution in [1.29, 1.82) is 0 Å². The van der Waals surface area contributed by atoms with Gasteiger partial charge < -0.3 is 15.1 Å². The van der Waals surface area contributed by atoms with Gasteiger partial charge in [-0.15, -0.1) is 0 Å². The summed E-state index contributed by atoms with van der Waals surface area (Å²) in [6.45, 7) is 4.26. The molecule has 1 N–H and O–H groups in total. The van der Waals surface area contributed by atoms with Crippen molar-refractivity contribution in [3.05, 3.63) is 35.6 Å². The first-order valence-corrected chi connectivity index (χ1v) is 11.1. The Morgan fingerprint density at radius 1 is 1.07 bits per heavy atom. The molecule has 0 spiro atoms. The van der Waals surface area contributed by atoms with E-state index < -0.39 is 0 Å². The Morgan fingerprint density at radius 3 is 2.66 bits per heavy atom. The maximum atomic E-state index is 13.9. The lowest BCUT2D eigenvalue weighted by Gasteiger charge is -2.46. The van der Waals surface area contributed by atoms with Gasteiger partial charge in [0, 0.05) is 38.6 Å². The first-order chi connectivity index (χ1) is 14.1. The van der Waals surface area contributed by atoms with Crippen molar-refractivity contribution in [2.24, 2.45) is 11.8 Å². The standard InChI is InChI=1S/C23H32FN3O2/c24-20-7-2-1-6-18(20)13-23(29)27-15-17-12-19(16-27)21(25-14-17)8-5-9-22(28)26-10-3-4-11-26/h1-2,6-7,17,19,21,25H,3-5,8-16H2/t17?,19?,21-/m1/s1. The molecule has 4 rings (SSSR count). The lowest BCUT2D eigenvalue weighted by Crippen LogP contribution is -2.57. The van der Waals surface area contributed by atoms with E-state index in [2.05, 4.69) is 5.32 Å². The summed E-state index contributed by atoms with van der Waals surface area (Å²) in [4.78, 5) is 29.0. The summed E-state index contributed by atoms with van der Waals surface area (Å²) in [6.07, 6.45) is 6.05. The van der Waals surface area contributed by atoms with E-state index in [4.69, 9.17) is 0 Å². The molecule has 3 atom stereocenters. The first kappa shape index (κ1) is 20.3. The Hall–Kier alpha value is -1.95. The molecule has 0 aliphatic carbocycles. The summed E-state index contributed by atoms with van der Waals surface area (Å²) < 4.78 is 13.9. The number of rotatable bonds is 6. The fourth-order valence-corrected chi connectivity index (χ4v) is 5.23. The third-order valence-corrected chi connectivity index (χ3v) is 6.82. The summed E-state index contributed by atoms with van der Waals surface area (Å²) in [7, 11) is 0. The van der Waals surface area contributed by atoms with Crippen molar-refractivity contribution in [1.82, 2.24) is 15.1 Å². The maximum Gasteiger partial charge on any atom is 0.227 e. The largest absolute Gasteiger partial charge is 0.343 e. The van der Waals surface area contributed by atoms with E-state index in [-0.39, 0.29) is 18.1 Å². The molecule has 158 valence electrons. The zero-order chi connectivity index (χ0) is 20.2. The van der Waals surface area contributed by atoms with Crippen molar-refractivity contribution >= 4 is 11.8 Å². The smallest absolute Gasteiger partial charge is 0.227 e. The highest BCUT2D eigenvalue weighted by molar-refractivity contribution is 5.79. The Kier molecular flexibility index (Phi) is 6.48. The third kappa shape index (κ3) is 4.97. The number of piperidine rings is 2. The van der Waals surface area contributed by atoms with Crippen LogP contribution in [0, 0.1) is 17.7 Å². The van der Waals surface area contributed by atoms with E-state index in [1.54, 1.807) is 18.2 Å². The predicted molar refractivity (Wildman–Crippen MR) is 110 cm³/mol. The van der Waals surface area contributed by atoms with E-state index in [1.807, 2.05) is 9.80 Å². The average Bonchev–Trinajstić information content (AvgIpc) is 3.26. The van der Waals surface area contributed by atoms with Crippen molar-refractivity contribution in [3.63, 3.8) is 0 Å². The van der Waals surface area contributed by atoms with Crippen LogP contribution in [0.5, 0.6) is 0 Å². The zero-order valence-electron chi connectivity index (χ0n) is 17.1. The second-order valence-electron chi connectivity index (χ2n) is 8.92. The predicted octanol–water partition coefficient (Wildman–Crippen LogP) is 2.60. The molecule has 3 aliphatic rings. The number of benzene rings is 1. The van der Waals surface area contributed by atoms with Crippen LogP contribution in [-0.2, 0) is 16.0 Å². The summed E-state index contributed by atoms with van der Waals surface area (Å²) in [5.74, 6) is 0.909. The normalized spacial score (nSPS) is 26.6. The molecule has 29 heavy (non-hydrogen) atoms. The molecule has 3 saturated heterocycles. The third-order valence-electron chi connectivity index (χ3n) is 6.82. The van der Waals surface area contributed by atoms with Crippen LogP contribution in [0.2, 0.25) is 0 Å². The van der Waals surface area contributed by atoms with Gasteiger partial charge in [-0.05, 0) is 62.1 Å². The van der Waals surface area contributed by atoms with Gasteiger partial charge in [0.15, 0.2) is 0 Å². The number of nitrogens with zero attached hydrogens (tertiary/aromatic N) is 2. The SMILES string of the molecule is O=C(CCC[C@H]1NCC2CC1CN(C(=O)Cc1ccccc1F)C2)N1CCCC1. The highest BCUT2D eigenvalue weighted by Gasteiger charge is 2.37. The van der Waals surface area contributed by atoms with Gasteiger partial charge in [-0.1, -0.05) is 18.2 Å². The number of fused-ring (bicyclic) bond motifs is 2. The van der Waals surface area contributed by atoms with Crippen LogP contribution in [0.3, 0.4) is 0 Å². The zero-order valence-corrected chi connectivity index (χ0v) is 17.1. The van der Waals surface area contributed by atoms with Gasteiger partial charge in [-0.3, -0.25) is 9.59 Å². The van der Waals surface area contributed by atoms with Crippen LogP contribution in [0.25, 0.3) is 0 Å². The van der Waals surface area contributed by atoms with Crippen LogP contribution in [-0.4, -0.2) is 60.4 Å². The van der Waals surface area contributed by atoms with Gasteiger partial charge in [0.1, 0.15) is 5.82 Å². The number of hydrogen-bond donors (Lipinski definition) is 1. The van der Waals surface area contributed by atoms with Crippen LogP contribution in [0.4, 0.5) is 4.39 Å². The van der Waals surface area contributed by atoms with E-state index in [9.17, 15) is 14.0 Å². The second-order valence-corrected chi connectivity index (χ2v) is 8.92. The number of carbonyl (C=O) groups is 2. The maximum absolute atomic E-state index is 13.9. The molecule has 3 aliphatic heterocycles. The van der Waals surface area contributed by atoms with E-state index in [0.29, 0.717) is 35.8 Å². The van der Waals surface area contributed by atoms with E-state index in [1.165, 1.54) is 6.07 Å². The first-order valence-electron chi connectivity index (χ1n) is 11.1. The minimum Gasteiger partial charge on any atom is -0.343 e. The van der Waals surface area contributed by atoms with Crippen LogP contribution < -0.4 is 5.32 Å². The van der Waals surface area contributed by atoms with E-state index >= 15 is 0 Å². The number of amides is 2. The molecule has 1 aromatic carbocycles. The molecular weight excluding hydrogens is 369 g/mol. The van der Waals surface area contributed by atoms with E-state index in [0.717, 1.165) is 64.8 Å². The Bertz CT molecular complexity index is 735. The van der Waals surface area contributed by atoms with Crippen LogP contribution in [0.15, 0.2) is 24.3 Å². The molecule has 2 amide bonds. The Labute approximate surface area is 172 Å². The highest BCUT2D eigenvalue weighted by Crippen LogP contribution is 2.31. The molecule has 1 aromatic rings. The van der Waals surface area contributed by atoms with Gasteiger partial charge in [-0.25, -0.2) is 4.39 Å². The van der Waals surface area contributed by atoms with Crippen molar-refractivity contribution in [3.8, 4) is 0 Å². The number of hydrogen-bond acceptors (Lipinski definition) is 3. The Morgan fingerprint density at radius 2 is 1.86 bits per heavy atom. The summed E-state index contributed by atoms with van der Waals surface area (Å²) >= 11 is 0. The number of nitrogens with one attached hydrogen (secondary N) is 1. The fraction of sp³-hybridized carbons (Fsp3) is 0.652. The molecule has 2 bridgehead atoms. The van der Waals surface area contributed by atoms with Gasteiger partial charge in [0.25, 0.3) is 0 Å². The monoisotopic (exact) mass is 401 g/mol. The Balaban J connectivity index is 1.28. The fourth-order valence-electron chi connectivity index (χ4n) is 5.23. The second kappa shape index (κ2) is 9.24. The summed E-state index contributed by atoms with van der Waals surface area (Å²) in [5, 5.41) is 3.66. The van der Waals surface area contributed by atoms with Gasteiger partial charge in [0.05, 0.1) is 6.42 Å². The van der Waals surface area contributed by atoms with Crippen molar-refractivity contribution in [2.45, 2.75) is 51.0 Å². The van der Waals surface area contributed by atoms with Gasteiger partial charge >= 0.3 is 0 Å². The molecule has 5 nitrogen and oxygen atoms in total. The quantitative estimate of drug-likeness (QED) is 0.797. The number of halogens is 1. The summed E-state index contributed by atoms with van der Waals surface area (Å²) in [6, 6.07) is 6.90. The minimum absolute atomic E-state index is 0.0228. The molecule has 0 radical (unpaired) electrons. The molecular formula is C23H32FN3O2. The van der Waals surface area contributed by atoms with Crippen molar-refractivity contribution in [2.75, 3.05) is 32.7 Å². The van der Waals surface area contributed by atoms with Crippen molar-refractivity contribution < 1.29 is 14.0 Å².